The van der Waals surface area contributed by atoms with Crippen LogP contribution >= 0.6 is 0 Å². The molecule has 0 radical (unpaired) electrons. The van der Waals surface area contributed by atoms with Gasteiger partial charge < -0.3 is 9.13 Å². The van der Waals surface area contributed by atoms with Gasteiger partial charge in [0, 0.05) is 58.0 Å². The Bertz CT molecular complexity index is 3230. The molecule has 0 atom stereocenters. The standard InChI is InChI=1S/C52H36N6/c1-57-43-22-11-9-20-41(43)45-47(53-52-46(48(45)57)42-21-10-12-23-44(42)58(52)2)39-18-13-19-40(32-39)51-55-49(37-28-24-35(25-29-37)33-14-5-3-6-15-33)54-50(56-51)38-30-26-36(27-31-38)34-16-7-4-8-17-34/h3-32H,1-2H3. The second-order valence-corrected chi connectivity index (χ2v) is 14.8. The third kappa shape index (κ3) is 5.49. The number of benzene rings is 7. The highest BCUT2D eigenvalue weighted by molar-refractivity contribution is 6.27. The summed E-state index contributed by atoms with van der Waals surface area (Å²) in [6, 6.07) is 63.4. The number of fused-ring (bicyclic) bond motifs is 7. The summed E-state index contributed by atoms with van der Waals surface area (Å²) in [4.78, 5) is 20.9. The van der Waals surface area contributed by atoms with Crippen molar-refractivity contribution in [3.63, 3.8) is 0 Å². The first kappa shape index (κ1) is 33.6. The number of hydrogen-bond acceptors (Lipinski definition) is 4. The van der Waals surface area contributed by atoms with Crippen LogP contribution in [0, 0.1) is 0 Å². The zero-order chi connectivity index (χ0) is 38.7. The van der Waals surface area contributed by atoms with Crippen molar-refractivity contribution < 1.29 is 0 Å². The predicted octanol–water partition coefficient (Wildman–Crippen LogP) is 12.6. The second-order valence-electron chi connectivity index (χ2n) is 14.8. The molecule has 274 valence electrons. The van der Waals surface area contributed by atoms with E-state index in [0.29, 0.717) is 17.5 Å². The summed E-state index contributed by atoms with van der Waals surface area (Å²) in [6.07, 6.45) is 0. The van der Waals surface area contributed by atoms with E-state index in [-0.39, 0.29) is 0 Å². The van der Waals surface area contributed by atoms with Gasteiger partial charge in [-0.2, -0.15) is 0 Å². The first-order valence-electron chi connectivity index (χ1n) is 19.5. The van der Waals surface area contributed by atoms with Gasteiger partial charge in [0.05, 0.1) is 22.1 Å². The van der Waals surface area contributed by atoms with Crippen molar-refractivity contribution >= 4 is 43.7 Å². The van der Waals surface area contributed by atoms with Crippen molar-refractivity contribution in [3.05, 3.63) is 182 Å². The number of pyridine rings is 1. The van der Waals surface area contributed by atoms with E-state index in [2.05, 4.69) is 193 Å². The monoisotopic (exact) mass is 744 g/mol. The summed E-state index contributed by atoms with van der Waals surface area (Å²) in [7, 11) is 4.28. The maximum atomic E-state index is 5.50. The molecule has 0 aliphatic rings. The van der Waals surface area contributed by atoms with Crippen molar-refractivity contribution in [1.29, 1.82) is 0 Å². The predicted molar refractivity (Wildman–Crippen MR) is 238 cm³/mol. The van der Waals surface area contributed by atoms with Crippen LogP contribution in [0.15, 0.2) is 182 Å². The summed E-state index contributed by atoms with van der Waals surface area (Å²) in [5.74, 6) is 1.83. The molecule has 4 heterocycles. The Hall–Kier alpha value is -7.70. The van der Waals surface area contributed by atoms with Crippen LogP contribution in [0.2, 0.25) is 0 Å². The van der Waals surface area contributed by atoms with Gasteiger partial charge in [-0.05, 0) is 40.5 Å². The average Bonchev–Trinajstić information content (AvgIpc) is 3.76. The highest BCUT2D eigenvalue weighted by Gasteiger charge is 2.23. The van der Waals surface area contributed by atoms with Gasteiger partial charge >= 0.3 is 0 Å². The van der Waals surface area contributed by atoms with Crippen molar-refractivity contribution in [3.8, 4) is 67.7 Å². The van der Waals surface area contributed by atoms with E-state index in [4.69, 9.17) is 19.9 Å². The summed E-state index contributed by atoms with van der Waals surface area (Å²) in [5, 5.41) is 4.66. The highest BCUT2D eigenvalue weighted by atomic mass is 15.0. The number of hydrogen-bond donors (Lipinski definition) is 0. The van der Waals surface area contributed by atoms with Crippen LogP contribution in [0.1, 0.15) is 0 Å². The molecule has 7 aromatic carbocycles. The van der Waals surface area contributed by atoms with Gasteiger partial charge in [-0.25, -0.2) is 19.9 Å². The van der Waals surface area contributed by atoms with Gasteiger partial charge in [0.15, 0.2) is 17.5 Å². The first-order valence-corrected chi connectivity index (χ1v) is 19.5. The van der Waals surface area contributed by atoms with Crippen LogP contribution < -0.4 is 0 Å². The normalized spacial score (nSPS) is 11.6. The molecule has 4 aromatic heterocycles. The molecule has 0 spiro atoms. The lowest BCUT2D eigenvalue weighted by atomic mass is 10.0. The topological polar surface area (TPSA) is 61.4 Å². The van der Waals surface area contributed by atoms with Gasteiger partial charge in [-0.3, -0.25) is 0 Å². The fourth-order valence-electron chi connectivity index (χ4n) is 8.49. The second kappa shape index (κ2) is 13.5. The van der Waals surface area contributed by atoms with Gasteiger partial charge in [0.2, 0.25) is 0 Å². The molecule has 6 nitrogen and oxygen atoms in total. The van der Waals surface area contributed by atoms with Crippen LogP contribution in [0.5, 0.6) is 0 Å². The van der Waals surface area contributed by atoms with E-state index >= 15 is 0 Å². The number of rotatable bonds is 6. The quantitative estimate of drug-likeness (QED) is 0.170. The van der Waals surface area contributed by atoms with Gasteiger partial charge in [0.25, 0.3) is 0 Å². The van der Waals surface area contributed by atoms with Gasteiger partial charge in [-0.15, -0.1) is 0 Å². The molecule has 0 amide bonds. The zero-order valence-electron chi connectivity index (χ0n) is 32.0. The third-order valence-corrected chi connectivity index (χ3v) is 11.4. The molecule has 11 aromatic rings. The van der Waals surface area contributed by atoms with Gasteiger partial charge in [-0.1, -0.05) is 164 Å². The van der Waals surface area contributed by atoms with E-state index in [1.165, 1.54) is 21.8 Å². The SMILES string of the molecule is Cn1c2ccccc2c2c1nc(-c1cccc(-c3nc(-c4ccc(-c5ccccc5)cc4)nc(-c4ccc(-c5ccccc5)cc4)n3)c1)c1c3ccccc3n(C)c12. The number of aryl methyl sites for hydroxylation is 2. The Labute approximate surface area is 335 Å². The third-order valence-electron chi connectivity index (χ3n) is 11.4. The lowest BCUT2D eigenvalue weighted by molar-refractivity contribution is 0.988. The molecule has 11 rings (SSSR count). The van der Waals surface area contributed by atoms with Crippen LogP contribution in [-0.4, -0.2) is 29.1 Å². The number of aromatic nitrogens is 6. The fourth-order valence-corrected chi connectivity index (χ4v) is 8.49. The maximum Gasteiger partial charge on any atom is 0.164 e. The van der Waals surface area contributed by atoms with E-state index < -0.39 is 0 Å². The Morgan fingerprint density at radius 1 is 0.328 bits per heavy atom. The highest BCUT2D eigenvalue weighted by Crippen LogP contribution is 2.42. The molecule has 0 saturated carbocycles. The van der Waals surface area contributed by atoms with Crippen LogP contribution in [0.3, 0.4) is 0 Å². The van der Waals surface area contributed by atoms with Crippen molar-refractivity contribution in [2.45, 2.75) is 0 Å². The lowest BCUT2D eigenvalue weighted by Crippen LogP contribution is -2.00. The lowest BCUT2D eigenvalue weighted by Gasteiger charge is -2.11. The maximum absolute atomic E-state index is 5.50. The number of nitrogens with zero attached hydrogens (tertiary/aromatic N) is 6. The smallest absolute Gasteiger partial charge is 0.164 e. The summed E-state index contributed by atoms with van der Waals surface area (Å²) in [6.45, 7) is 0. The minimum atomic E-state index is 0.598. The molecular formula is C52H36N6. The largest absolute Gasteiger partial charge is 0.343 e. The van der Waals surface area contributed by atoms with E-state index in [9.17, 15) is 0 Å². The van der Waals surface area contributed by atoms with Gasteiger partial charge in [0.1, 0.15) is 5.65 Å². The van der Waals surface area contributed by atoms with Crippen molar-refractivity contribution in [2.24, 2.45) is 14.1 Å². The summed E-state index contributed by atoms with van der Waals surface area (Å²) < 4.78 is 4.54. The van der Waals surface area contributed by atoms with E-state index in [0.717, 1.165) is 72.1 Å². The summed E-state index contributed by atoms with van der Waals surface area (Å²) in [5.41, 5.74) is 13.7. The molecule has 0 unspecified atom stereocenters. The Kier molecular flexibility index (Phi) is 7.83. The molecule has 0 fully saturated rings. The van der Waals surface area contributed by atoms with Crippen molar-refractivity contribution in [1.82, 2.24) is 29.1 Å². The molecule has 58 heavy (non-hydrogen) atoms. The van der Waals surface area contributed by atoms with Crippen LogP contribution in [0.25, 0.3) is 111 Å². The van der Waals surface area contributed by atoms with Crippen LogP contribution in [-0.2, 0) is 14.1 Å². The summed E-state index contributed by atoms with van der Waals surface area (Å²) >= 11 is 0. The first-order chi connectivity index (χ1) is 28.6. The minimum absolute atomic E-state index is 0.598. The molecule has 0 saturated heterocycles. The fraction of sp³-hybridized carbons (Fsp3) is 0.0385. The zero-order valence-corrected chi connectivity index (χ0v) is 32.0. The number of para-hydroxylation sites is 2. The molecule has 6 heteroatoms. The van der Waals surface area contributed by atoms with Crippen molar-refractivity contribution in [2.75, 3.05) is 0 Å². The van der Waals surface area contributed by atoms with E-state index in [1.54, 1.807) is 0 Å². The van der Waals surface area contributed by atoms with E-state index in [1.807, 2.05) is 12.1 Å². The molecule has 0 aliphatic carbocycles. The minimum Gasteiger partial charge on any atom is -0.343 e. The molecule has 0 N–H and O–H groups in total. The molecular weight excluding hydrogens is 709 g/mol. The Morgan fingerprint density at radius 3 is 1.31 bits per heavy atom. The molecule has 0 bridgehead atoms. The Morgan fingerprint density at radius 2 is 0.741 bits per heavy atom. The van der Waals surface area contributed by atoms with Crippen LogP contribution in [0.4, 0.5) is 0 Å². The average molecular weight is 745 g/mol. The Balaban J connectivity index is 1.09. The molecule has 0 aliphatic heterocycles.